The van der Waals surface area contributed by atoms with Gasteiger partial charge in [0.05, 0.1) is 18.2 Å². The van der Waals surface area contributed by atoms with Crippen LogP contribution in [0.1, 0.15) is 22.8 Å². The number of hydrogen-bond donors (Lipinski definition) is 1. The maximum absolute atomic E-state index is 13.1. The number of nitrogens with one attached hydrogen (secondary N) is 1. The van der Waals surface area contributed by atoms with Gasteiger partial charge in [0, 0.05) is 18.3 Å². The molecule has 0 saturated heterocycles. The molecule has 0 spiro atoms. The number of alkyl halides is 3. The number of amides is 2. The molecule has 0 heterocycles. The molecule has 2 rings (SSSR count). The van der Waals surface area contributed by atoms with Crippen LogP contribution in [0.3, 0.4) is 0 Å². The molecule has 0 bridgehead atoms. The van der Waals surface area contributed by atoms with Crippen molar-refractivity contribution in [1.29, 1.82) is 0 Å². The summed E-state index contributed by atoms with van der Waals surface area (Å²) in [7, 11) is 1.48. The minimum atomic E-state index is -4.66. The summed E-state index contributed by atoms with van der Waals surface area (Å²) in [5.74, 6) is -0.843. The largest absolute Gasteiger partial charge is 0.497 e. The number of halogens is 3. The van der Waals surface area contributed by atoms with Gasteiger partial charge in [-0.3, -0.25) is 9.59 Å². The van der Waals surface area contributed by atoms with Crippen LogP contribution in [0.15, 0.2) is 48.5 Å². The number of ether oxygens (including phenoxy) is 1. The Kier molecular flexibility index (Phi) is 6.44. The molecule has 1 N–H and O–H groups in total. The molecule has 0 atom stereocenters. The predicted octanol–water partition coefficient (Wildman–Crippen LogP) is 3.81. The zero-order valence-corrected chi connectivity index (χ0v) is 14.8. The van der Waals surface area contributed by atoms with Crippen molar-refractivity contribution in [2.24, 2.45) is 0 Å². The highest BCUT2D eigenvalue weighted by Gasteiger charge is 2.35. The van der Waals surface area contributed by atoms with E-state index < -0.39 is 29.1 Å². The van der Waals surface area contributed by atoms with E-state index in [-0.39, 0.29) is 13.1 Å². The topological polar surface area (TPSA) is 58.6 Å². The van der Waals surface area contributed by atoms with Crippen LogP contribution in [0.2, 0.25) is 0 Å². The first kappa shape index (κ1) is 20.3. The molecule has 144 valence electrons. The smallest absolute Gasteiger partial charge is 0.417 e. The summed E-state index contributed by atoms with van der Waals surface area (Å²) < 4.78 is 44.5. The highest BCUT2D eigenvalue weighted by Crippen LogP contribution is 2.32. The lowest BCUT2D eigenvalue weighted by molar-refractivity contribution is -0.138. The van der Waals surface area contributed by atoms with Crippen molar-refractivity contribution >= 4 is 17.5 Å². The van der Waals surface area contributed by atoms with Gasteiger partial charge in [0.25, 0.3) is 5.91 Å². The lowest BCUT2D eigenvalue weighted by atomic mass is 10.1. The predicted molar refractivity (Wildman–Crippen MR) is 94.6 cm³/mol. The van der Waals surface area contributed by atoms with E-state index >= 15 is 0 Å². The number of benzene rings is 2. The fourth-order valence-corrected chi connectivity index (χ4v) is 2.49. The van der Waals surface area contributed by atoms with Crippen molar-refractivity contribution in [3.63, 3.8) is 0 Å². The van der Waals surface area contributed by atoms with Crippen LogP contribution in [0.5, 0.6) is 5.75 Å². The Bertz CT molecular complexity index is 822. The lowest BCUT2D eigenvalue weighted by Gasteiger charge is -2.22. The molecule has 2 aromatic carbocycles. The summed E-state index contributed by atoms with van der Waals surface area (Å²) >= 11 is 0. The monoisotopic (exact) mass is 380 g/mol. The second-order valence-electron chi connectivity index (χ2n) is 5.64. The van der Waals surface area contributed by atoms with Crippen molar-refractivity contribution in [2.75, 3.05) is 25.5 Å². The van der Waals surface area contributed by atoms with Crippen LogP contribution < -0.4 is 10.1 Å². The maximum Gasteiger partial charge on any atom is 0.417 e. The quantitative estimate of drug-likeness (QED) is 0.829. The first-order chi connectivity index (χ1) is 12.8. The third-order valence-electron chi connectivity index (χ3n) is 3.82. The average molecular weight is 380 g/mol. The molecule has 8 heteroatoms. The third-order valence-corrected chi connectivity index (χ3v) is 3.82. The van der Waals surface area contributed by atoms with Gasteiger partial charge in [-0.25, -0.2) is 0 Å². The van der Waals surface area contributed by atoms with Crippen LogP contribution in [-0.4, -0.2) is 36.9 Å². The molecular weight excluding hydrogens is 361 g/mol. The van der Waals surface area contributed by atoms with Crippen LogP contribution in [0, 0.1) is 0 Å². The number of methoxy groups -OCH3 is 1. The molecule has 5 nitrogen and oxygen atoms in total. The molecule has 2 amide bonds. The number of rotatable bonds is 6. The molecule has 2 aromatic rings. The molecule has 0 aliphatic heterocycles. The van der Waals surface area contributed by atoms with E-state index in [1.165, 1.54) is 19.2 Å². The Morgan fingerprint density at radius 3 is 2.44 bits per heavy atom. The number of hydrogen-bond acceptors (Lipinski definition) is 3. The fraction of sp³-hybridized carbons (Fsp3) is 0.263. The standard InChI is InChI=1S/C19H19F3N2O3/c1-3-24(12-17(25)23-13-7-6-8-14(11-13)27-2)18(26)15-9-4-5-10-16(15)19(20,21)22/h4-11H,3,12H2,1-2H3,(H,23,25). The zero-order chi connectivity index (χ0) is 20.0. The first-order valence-corrected chi connectivity index (χ1v) is 8.15. The van der Waals surface area contributed by atoms with E-state index in [0.717, 1.165) is 17.0 Å². The van der Waals surface area contributed by atoms with E-state index in [2.05, 4.69) is 5.32 Å². The van der Waals surface area contributed by atoms with E-state index in [9.17, 15) is 22.8 Å². The third kappa shape index (κ3) is 5.22. The van der Waals surface area contributed by atoms with Gasteiger partial charge in [-0.15, -0.1) is 0 Å². The summed E-state index contributed by atoms with van der Waals surface area (Å²) in [6.07, 6.45) is -4.66. The number of likely N-dealkylation sites (N-methyl/N-ethyl adjacent to an activating group) is 1. The van der Waals surface area contributed by atoms with Gasteiger partial charge < -0.3 is 15.0 Å². The molecule has 27 heavy (non-hydrogen) atoms. The van der Waals surface area contributed by atoms with Crippen LogP contribution in [-0.2, 0) is 11.0 Å². The highest BCUT2D eigenvalue weighted by atomic mass is 19.4. The Morgan fingerprint density at radius 2 is 1.81 bits per heavy atom. The fourth-order valence-electron chi connectivity index (χ4n) is 2.49. The zero-order valence-electron chi connectivity index (χ0n) is 14.8. The normalized spacial score (nSPS) is 11.0. The minimum absolute atomic E-state index is 0.0799. The number of nitrogens with zero attached hydrogens (tertiary/aromatic N) is 1. The summed E-state index contributed by atoms with van der Waals surface area (Å²) in [5.41, 5.74) is -1.05. The Hall–Kier alpha value is -3.03. The maximum atomic E-state index is 13.1. The summed E-state index contributed by atoms with van der Waals surface area (Å²) in [4.78, 5) is 25.8. The molecule has 0 aromatic heterocycles. The van der Waals surface area contributed by atoms with Gasteiger partial charge in [-0.2, -0.15) is 13.2 Å². The van der Waals surface area contributed by atoms with Crippen LogP contribution in [0.25, 0.3) is 0 Å². The lowest BCUT2D eigenvalue weighted by Crippen LogP contribution is -2.38. The van der Waals surface area contributed by atoms with Gasteiger partial charge in [-0.05, 0) is 31.2 Å². The van der Waals surface area contributed by atoms with Crippen molar-refractivity contribution < 1.29 is 27.5 Å². The molecule has 0 aliphatic carbocycles. The van der Waals surface area contributed by atoms with Crippen molar-refractivity contribution in [3.8, 4) is 5.75 Å². The Morgan fingerprint density at radius 1 is 1.11 bits per heavy atom. The van der Waals surface area contributed by atoms with Gasteiger partial charge >= 0.3 is 6.18 Å². The summed E-state index contributed by atoms with van der Waals surface area (Å²) in [6, 6.07) is 11.1. The minimum Gasteiger partial charge on any atom is -0.497 e. The van der Waals surface area contributed by atoms with Gasteiger partial charge in [-0.1, -0.05) is 18.2 Å². The SMILES string of the molecule is CCN(CC(=O)Nc1cccc(OC)c1)C(=O)c1ccccc1C(F)(F)F. The molecule has 0 saturated carbocycles. The average Bonchev–Trinajstić information content (AvgIpc) is 2.65. The molecule has 0 radical (unpaired) electrons. The van der Waals surface area contributed by atoms with Crippen molar-refractivity contribution in [3.05, 3.63) is 59.7 Å². The Balaban J connectivity index is 2.15. The second-order valence-corrected chi connectivity index (χ2v) is 5.64. The van der Waals surface area contributed by atoms with Crippen LogP contribution >= 0.6 is 0 Å². The molecule has 0 unspecified atom stereocenters. The van der Waals surface area contributed by atoms with Crippen molar-refractivity contribution in [1.82, 2.24) is 4.90 Å². The number of anilines is 1. The summed E-state index contributed by atoms with van der Waals surface area (Å²) in [6.45, 7) is 1.29. The van der Waals surface area contributed by atoms with Crippen molar-refractivity contribution in [2.45, 2.75) is 13.1 Å². The van der Waals surface area contributed by atoms with E-state index in [4.69, 9.17) is 4.74 Å². The number of carbonyl (C=O) groups excluding carboxylic acids is 2. The first-order valence-electron chi connectivity index (χ1n) is 8.15. The molecule has 0 fully saturated rings. The van der Waals surface area contributed by atoms with E-state index in [1.54, 1.807) is 31.2 Å². The summed E-state index contributed by atoms with van der Waals surface area (Å²) in [5, 5.41) is 2.60. The second kappa shape index (κ2) is 8.57. The van der Waals surface area contributed by atoms with Gasteiger partial charge in [0.1, 0.15) is 12.3 Å². The van der Waals surface area contributed by atoms with E-state index in [0.29, 0.717) is 11.4 Å². The van der Waals surface area contributed by atoms with Crippen LogP contribution in [0.4, 0.5) is 18.9 Å². The molecular formula is C19H19F3N2O3. The Labute approximate surface area is 154 Å². The highest BCUT2D eigenvalue weighted by molar-refractivity contribution is 6.00. The van der Waals surface area contributed by atoms with Gasteiger partial charge in [0.15, 0.2) is 0 Å². The molecule has 0 aliphatic rings. The number of carbonyl (C=O) groups is 2. The van der Waals surface area contributed by atoms with Gasteiger partial charge in [0.2, 0.25) is 5.91 Å². The van der Waals surface area contributed by atoms with E-state index in [1.807, 2.05) is 0 Å².